The highest BCUT2D eigenvalue weighted by Crippen LogP contribution is 2.47. The van der Waals surface area contributed by atoms with Crippen LogP contribution in [0.15, 0.2) is 54.6 Å². The number of phenolic OH excluding ortho intramolecular Hbond substituents is 1. The second-order valence-electron chi connectivity index (χ2n) is 7.60. The third kappa shape index (κ3) is 3.08. The molecule has 0 radical (unpaired) electrons. The SMILES string of the molecule is Oc1cccc([C@@]23CCCC(C2)N(CCc2ccccc2)CC3)c1. The van der Waals surface area contributed by atoms with Crippen LogP contribution in [0.3, 0.4) is 0 Å². The van der Waals surface area contributed by atoms with Crippen molar-refractivity contribution in [1.82, 2.24) is 4.90 Å². The molecule has 1 heterocycles. The van der Waals surface area contributed by atoms with E-state index < -0.39 is 0 Å². The average molecular weight is 321 g/mol. The van der Waals surface area contributed by atoms with Crippen molar-refractivity contribution >= 4 is 0 Å². The van der Waals surface area contributed by atoms with Crippen molar-refractivity contribution < 1.29 is 5.11 Å². The van der Waals surface area contributed by atoms with Gasteiger partial charge in [0.1, 0.15) is 5.75 Å². The van der Waals surface area contributed by atoms with Gasteiger partial charge in [0.2, 0.25) is 0 Å². The molecule has 0 aromatic heterocycles. The number of aromatic hydroxyl groups is 1. The highest BCUT2D eigenvalue weighted by atomic mass is 16.3. The first-order valence-corrected chi connectivity index (χ1v) is 9.33. The number of benzene rings is 2. The topological polar surface area (TPSA) is 23.5 Å². The van der Waals surface area contributed by atoms with E-state index in [9.17, 15) is 5.11 Å². The summed E-state index contributed by atoms with van der Waals surface area (Å²) in [5.41, 5.74) is 3.10. The normalized spacial score (nSPS) is 27.1. The molecule has 2 heteroatoms. The van der Waals surface area contributed by atoms with Gasteiger partial charge in [-0.05, 0) is 67.3 Å². The molecule has 0 amide bonds. The Morgan fingerprint density at radius 2 is 1.92 bits per heavy atom. The molecule has 0 spiro atoms. The number of fused-ring (bicyclic) bond motifs is 2. The summed E-state index contributed by atoms with van der Waals surface area (Å²) < 4.78 is 0. The molecule has 1 unspecified atom stereocenters. The zero-order valence-corrected chi connectivity index (χ0v) is 14.3. The van der Waals surface area contributed by atoms with Gasteiger partial charge in [0.15, 0.2) is 0 Å². The Morgan fingerprint density at radius 1 is 1.04 bits per heavy atom. The standard InChI is InChI=1S/C22H27NO/c24-21-10-4-8-19(16-21)22-12-5-9-20(17-22)23(15-13-22)14-11-18-6-2-1-3-7-18/h1-4,6-8,10,16,20,24H,5,9,11-15,17H2/t20?,22-/m1/s1. The summed E-state index contributed by atoms with van der Waals surface area (Å²) in [5.74, 6) is 0.413. The van der Waals surface area contributed by atoms with Crippen LogP contribution in [-0.2, 0) is 11.8 Å². The average Bonchev–Trinajstić information content (AvgIpc) is 2.62. The third-order valence-corrected chi connectivity index (χ3v) is 6.20. The van der Waals surface area contributed by atoms with Gasteiger partial charge in [-0.15, -0.1) is 0 Å². The minimum Gasteiger partial charge on any atom is -0.508 e. The van der Waals surface area contributed by atoms with Gasteiger partial charge >= 0.3 is 0 Å². The lowest BCUT2D eigenvalue weighted by atomic mass is 9.63. The van der Waals surface area contributed by atoms with E-state index >= 15 is 0 Å². The Balaban J connectivity index is 1.46. The van der Waals surface area contributed by atoms with E-state index in [0.29, 0.717) is 17.2 Å². The molecule has 2 atom stereocenters. The Labute approximate surface area is 145 Å². The first-order chi connectivity index (χ1) is 11.8. The number of piperidine rings is 1. The van der Waals surface area contributed by atoms with Gasteiger partial charge in [-0.2, -0.15) is 0 Å². The summed E-state index contributed by atoms with van der Waals surface area (Å²) in [6, 6.07) is 19.6. The molecule has 1 aliphatic heterocycles. The lowest BCUT2D eigenvalue weighted by Gasteiger charge is -2.51. The lowest BCUT2D eigenvalue weighted by molar-refractivity contribution is 0.0524. The van der Waals surface area contributed by atoms with Crippen LogP contribution < -0.4 is 0 Å². The predicted octanol–water partition coefficient (Wildman–Crippen LogP) is 4.52. The Kier molecular flexibility index (Phi) is 4.32. The van der Waals surface area contributed by atoms with Crippen molar-refractivity contribution in [2.75, 3.05) is 13.1 Å². The fraction of sp³-hybridized carbons (Fsp3) is 0.455. The molecule has 1 aliphatic carbocycles. The second kappa shape index (κ2) is 6.60. The maximum Gasteiger partial charge on any atom is 0.115 e. The minimum absolute atomic E-state index is 0.297. The molecule has 2 nitrogen and oxygen atoms in total. The number of hydrogen-bond donors (Lipinski definition) is 1. The van der Waals surface area contributed by atoms with E-state index in [2.05, 4.69) is 41.3 Å². The van der Waals surface area contributed by atoms with Gasteiger partial charge in [0, 0.05) is 12.6 Å². The van der Waals surface area contributed by atoms with Gasteiger partial charge in [-0.1, -0.05) is 48.9 Å². The van der Waals surface area contributed by atoms with Crippen molar-refractivity contribution in [3.05, 3.63) is 65.7 Å². The largest absolute Gasteiger partial charge is 0.508 e. The molecule has 2 aromatic rings. The number of rotatable bonds is 4. The Bertz CT molecular complexity index is 683. The van der Waals surface area contributed by atoms with Crippen LogP contribution in [0.4, 0.5) is 0 Å². The van der Waals surface area contributed by atoms with Crippen LogP contribution in [-0.4, -0.2) is 29.1 Å². The van der Waals surface area contributed by atoms with E-state index in [1.807, 2.05) is 12.1 Å². The van der Waals surface area contributed by atoms with E-state index in [1.54, 1.807) is 6.07 Å². The fourth-order valence-electron chi connectivity index (χ4n) is 4.86. The number of phenols is 1. The first-order valence-electron chi connectivity index (χ1n) is 9.33. The molecule has 1 N–H and O–H groups in total. The molecule has 1 saturated heterocycles. The molecule has 2 aromatic carbocycles. The van der Waals surface area contributed by atoms with E-state index in [0.717, 1.165) is 6.42 Å². The minimum atomic E-state index is 0.297. The maximum absolute atomic E-state index is 9.89. The van der Waals surface area contributed by atoms with Crippen LogP contribution in [0.5, 0.6) is 5.75 Å². The number of likely N-dealkylation sites (tertiary alicyclic amines) is 1. The summed E-state index contributed by atoms with van der Waals surface area (Å²) >= 11 is 0. The lowest BCUT2D eigenvalue weighted by Crippen LogP contribution is -2.52. The second-order valence-corrected chi connectivity index (χ2v) is 7.60. The zero-order chi connectivity index (χ0) is 16.4. The monoisotopic (exact) mass is 321 g/mol. The van der Waals surface area contributed by atoms with Gasteiger partial charge in [-0.3, -0.25) is 4.90 Å². The Morgan fingerprint density at radius 3 is 2.75 bits per heavy atom. The summed E-state index contributed by atoms with van der Waals surface area (Å²) in [6.07, 6.45) is 7.54. The molecule has 2 aliphatic rings. The molecule has 2 bridgehead atoms. The van der Waals surface area contributed by atoms with E-state index in [1.165, 1.54) is 56.3 Å². The fourth-order valence-corrected chi connectivity index (χ4v) is 4.86. The van der Waals surface area contributed by atoms with Crippen molar-refractivity contribution in [2.24, 2.45) is 0 Å². The van der Waals surface area contributed by atoms with Crippen LogP contribution in [0, 0.1) is 0 Å². The van der Waals surface area contributed by atoms with Gasteiger partial charge in [0.25, 0.3) is 0 Å². The zero-order valence-electron chi connectivity index (χ0n) is 14.3. The maximum atomic E-state index is 9.89. The summed E-state index contributed by atoms with van der Waals surface area (Å²) in [5, 5.41) is 9.89. The quantitative estimate of drug-likeness (QED) is 0.895. The highest BCUT2D eigenvalue weighted by Gasteiger charge is 2.43. The van der Waals surface area contributed by atoms with Gasteiger partial charge < -0.3 is 5.11 Å². The first kappa shape index (κ1) is 15.7. The molecule has 126 valence electrons. The van der Waals surface area contributed by atoms with E-state index in [4.69, 9.17) is 0 Å². The molecule has 4 rings (SSSR count). The molecular weight excluding hydrogens is 294 g/mol. The molecular formula is C22H27NO. The van der Waals surface area contributed by atoms with Crippen molar-refractivity contribution in [3.8, 4) is 5.75 Å². The summed E-state index contributed by atoms with van der Waals surface area (Å²) in [4.78, 5) is 2.72. The van der Waals surface area contributed by atoms with Crippen LogP contribution in [0.25, 0.3) is 0 Å². The van der Waals surface area contributed by atoms with Crippen LogP contribution in [0.1, 0.15) is 43.2 Å². The molecule has 1 saturated carbocycles. The van der Waals surface area contributed by atoms with E-state index in [-0.39, 0.29) is 0 Å². The Hall–Kier alpha value is -1.80. The third-order valence-electron chi connectivity index (χ3n) is 6.20. The van der Waals surface area contributed by atoms with Gasteiger partial charge in [0.05, 0.1) is 0 Å². The van der Waals surface area contributed by atoms with Crippen molar-refractivity contribution in [3.63, 3.8) is 0 Å². The van der Waals surface area contributed by atoms with Crippen molar-refractivity contribution in [2.45, 2.75) is 50.0 Å². The van der Waals surface area contributed by atoms with Gasteiger partial charge in [-0.25, -0.2) is 0 Å². The number of hydrogen-bond acceptors (Lipinski definition) is 2. The van der Waals surface area contributed by atoms with Crippen molar-refractivity contribution in [1.29, 1.82) is 0 Å². The smallest absolute Gasteiger partial charge is 0.115 e. The molecule has 2 fully saturated rings. The molecule has 24 heavy (non-hydrogen) atoms. The summed E-state index contributed by atoms with van der Waals surface area (Å²) in [7, 11) is 0. The number of nitrogens with zero attached hydrogens (tertiary/aromatic N) is 1. The van der Waals surface area contributed by atoms with Crippen LogP contribution >= 0.6 is 0 Å². The predicted molar refractivity (Wildman–Crippen MR) is 98.4 cm³/mol. The van der Waals surface area contributed by atoms with Crippen LogP contribution in [0.2, 0.25) is 0 Å². The highest BCUT2D eigenvalue weighted by molar-refractivity contribution is 5.34. The summed E-state index contributed by atoms with van der Waals surface area (Å²) in [6.45, 7) is 2.36.